The highest BCUT2D eigenvalue weighted by molar-refractivity contribution is 6.30. The van der Waals surface area contributed by atoms with E-state index >= 15 is 0 Å². The summed E-state index contributed by atoms with van der Waals surface area (Å²) in [7, 11) is 1.66. The van der Waals surface area contributed by atoms with Crippen molar-refractivity contribution in [2.45, 2.75) is 31.4 Å². The van der Waals surface area contributed by atoms with Gasteiger partial charge in [0, 0.05) is 18.2 Å². The lowest BCUT2D eigenvalue weighted by Gasteiger charge is -2.22. The predicted octanol–water partition coefficient (Wildman–Crippen LogP) is 2.77. The van der Waals surface area contributed by atoms with E-state index in [1.54, 1.807) is 19.2 Å². The minimum atomic E-state index is -0.254. The zero-order valence-corrected chi connectivity index (χ0v) is 10.6. The maximum absolute atomic E-state index is 13.6. The first kappa shape index (κ1) is 12.8. The van der Waals surface area contributed by atoms with Crippen LogP contribution in [0.1, 0.15) is 18.4 Å². The normalized spacial score (nSPS) is 19.1. The number of rotatable bonds is 5. The molecule has 0 aromatic heterocycles. The number of ether oxygens (including phenoxy) is 1. The molecule has 94 valence electrons. The Labute approximate surface area is 106 Å². The smallest absolute Gasteiger partial charge is 0.126 e. The topological polar surface area (TPSA) is 35.2 Å². The van der Waals surface area contributed by atoms with Gasteiger partial charge in [-0.3, -0.25) is 0 Å². The minimum Gasteiger partial charge on any atom is -0.380 e. The van der Waals surface area contributed by atoms with E-state index in [0.29, 0.717) is 22.9 Å². The third kappa shape index (κ3) is 3.18. The molecule has 0 aliphatic heterocycles. The largest absolute Gasteiger partial charge is 0.380 e. The van der Waals surface area contributed by atoms with Crippen LogP contribution in [0, 0.1) is 11.7 Å². The molecule has 0 saturated heterocycles. The van der Waals surface area contributed by atoms with Crippen molar-refractivity contribution < 1.29 is 9.13 Å². The summed E-state index contributed by atoms with van der Waals surface area (Å²) in [5.41, 5.74) is 6.65. The monoisotopic (exact) mass is 257 g/mol. The first-order valence-electron chi connectivity index (χ1n) is 5.84. The Balaban J connectivity index is 2.05. The quantitative estimate of drug-likeness (QED) is 0.880. The van der Waals surface area contributed by atoms with Crippen LogP contribution in [-0.4, -0.2) is 19.3 Å². The summed E-state index contributed by atoms with van der Waals surface area (Å²) in [6.07, 6.45) is 2.80. The summed E-state index contributed by atoms with van der Waals surface area (Å²) in [5.74, 6) is 0.285. The van der Waals surface area contributed by atoms with Crippen LogP contribution in [-0.2, 0) is 11.2 Å². The van der Waals surface area contributed by atoms with Crippen LogP contribution in [0.4, 0.5) is 4.39 Å². The summed E-state index contributed by atoms with van der Waals surface area (Å²) in [6.45, 7) is 0. The highest BCUT2D eigenvalue weighted by atomic mass is 35.5. The Bertz CT molecular complexity index is 395. The van der Waals surface area contributed by atoms with Gasteiger partial charge in [0.05, 0.1) is 6.10 Å². The number of benzene rings is 1. The fourth-order valence-electron chi connectivity index (χ4n) is 2.21. The molecule has 1 fully saturated rings. The van der Waals surface area contributed by atoms with Crippen LogP contribution in [0.15, 0.2) is 18.2 Å². The molecular formula is C13H17ClFNO. The molecule has 0 radical (unpaired) electrons. The van der Waals surface area contributed by atoms with Crippen molar-refractivity contribution in [2.24, 2.45) is 11.7 Å². The van der Waals surface area contributed by atoms with Crippen LogP contribution in [0.3, 0.4) is 0 Å². The summed E-state index contributed by atoms with van der Waals surface area (Å²) in [6, 6.07) is 4.38. The van der Waals surface area contributed by atoms with Gasteiger partial charge in [-0.1, -0.05) is 11.6 Å². The fraction of sp³-hybridized carbons (Fsp3) is 0.538. The molecule has 1 aromatic rings. The van der Waals surface area contributed by atoms with E-state index in [2.05, 4.69) is 0 Å². The molecule has 2 rings (SSSR count). The van der Waals surface area contributed by atoms with Crippen LogP contribution in [0.2, 0.25) is 5.02 Å². The molecule has 0 heterocycles. The maximum atomic E-state index is 13.6. The lowest BCUT2D eigenvalue weighted by molar-refractivity contribution is 0.0624. The molecule has 2 nitrogen and oxygen atoms in total. The van der Waals surface area contributed by atoms with Crippen molar-refractivity contribution >= 4 is 11.6 Å². The molecular weight excluding hydrogens is 241 g/mol. The van der Waals surface area contributed by atoms with Crippen LogP contribution < -0.4 is 5.73 Å². The number of methoxy groups -OCH3 is 1. The zero-order chi connectivity index (χ0) is 12.4. The van der Waals surface area contributed by atoms with Crippen molar-refractivity contribution in [3.8, 4) is 0 Å². The molecule has 1 aliphatic carbocycles. The number of hydrogen-bond donors (Lipinski definition) is 1. The van der Waals surface area contributed by atoms with Crippen molar-refractivity contribution in [3.05, 3.63) is 34.6 Å². The van der Waals surface area contributed by atoms with E-state index < -0.39 is 0 Å². The molecule has 2 unspecified atom stereocenters. The summed E-state index contributed by atoms with van der Waals surface area (Å²) in [5, 5.41) is 0.536. The second kappa shape index (κ2) is 5.34. The lowest BCUT2D eigenvalue weighted by Crippen LogP contribution is -2.39. The zero-order valence-electron chi connectivity index (χ0n) is 9.83. The molecule has 17 heavy (non-hydrogen) atoms. The summed E-state index contributed by atoms with van der Waals surface area (Å²) < 4.78 is 19.0. The van der Waals surface area contributed by atoms with Crippen LogP contribution in [0.25, 0.3) is 0 Å². The third-order valence-corrected chi connectivity index (χ3v) is 3.48. The van der Waals surface area contributed by atoms with Gasteiger partial charge in [0.25, 0.3) is 0 Å². The predicted molar refractivity (Wildman–Crippen MR) is 66.6 cm³/mol. The highest BCUT2D eigenvalue weighted by Gasteiger charge is 2.35. The third-order valence-electron chi connectivity index (χ3n) is 3.24. The highest BCUT2D eigenvalue weighted by Crippen LogP contribution is 2.35. The van der Waals surface area contributed by atoms with E-state index in [9.17, 15) is 4.39 Å². The summed E-state index contributed by atoms with van der Waals surface area (Å²) in [4.78, 5) is 0. The average molecular weight is 258 g/mol. The van der Waals surface area contributed by atoms with Crippen LogP contribution in [0.5, 0.6) is 0 Å². The second-order valence-corrected chi connectivity index (χ2v) is 5.08. The Hall–Kier alpha value is -0.640. The van der Waals surface area contributed by atoms with Gasteiger partial charge in [0.1, 0.15) is 5.82 Å². The molecule has 4 heteroatoms. The van der Waals surface area contributed by atoms with E-state index in [1.807, 2.05) is 0 Å². The molecule has 0 spiro atoms. The summed E-state index contributed by atoms with van der Waals surface area (Å²) >= 11 is 5.85. The number of hydrogen-bond acceptors (Lipinski definition) is 2. The van der Waals surface area contributed by atoms with Gasteiger partial charge >= 0.3 is 0 Å². The van der Waals surface area contributed by atoms with E-state index in [4.69, 9.17) is 22.1 Å². The lowest BCUT2D eigenvalue weighted by atomic mass is 9.99. The Morgan fingerprint density at radius 1 is 1.53 bits per heavy atom. The van der Waals surface area contributed by atoms with Gasteiger partial charge in [-0.2, -0.15) is 0 Å². The first-order valence-corrected chi connectivity index (χ1v) is 6.22. The first-order chi connectivity index (χ1) is 8.11. The van der Waals surface area contributed by atoms with Gasteiger partial charge < -0.3 is 10.5 Å². The van der Waals surface area contributed by atoms with Gasteiger partial charge in [-0.15, -0.1) is 0 Å². The standard InChI is InChI=1S/C13H17ClFNO/c1-17-13(8-2-3-8)12(16)7-9-6-10(14)4-5-11(9)15/h4-6,8,12-13H,2-3,7,16H2,1H3. The minimum absolute atomic E-state index is 0.0216. The van der Waals surface area contributed by atoms with Crippen molar-refractivity contribution in [1.82, 2.24) is 0 Å². The van der Waals surface area contributed by atoms with Gasteiger partial charge in [-0.25, -0.2) is 4.39 Å². The number of nitrogens with two attached hydrogens (primary N) is 1. The molecule has 1 aromatic carbocycles. The van der Waals surface area contributed by atoms with Gasteiger partial charge in [0.2, 0.25) is 0 Å². The Morgan fingerprint density at radius 3 is 2.82 bits per heavy atom. The van der Waals surface area contributed by atoms with E-state index in [0.717, 1.165) is 12.8 Å². The molecule has 1 aliphatic rings. The second-order valence-electron chi connectivity index (χ2n) is 4.64. The van der Waals surface area contributed by atoms with Crippen molar-refractivity contribution in [1.29, 1.82) is 0 Å². The van der Waals surface area contributed by atoms with E-state index in [-0.39, 0.29) is 18.0 Å². The molecule has 0 bridgehead atoms. The Kier molecular flexibility index (Phi) is 4.02. The average Bonchev–Trinajstić information content (AvgIpc) is 3.09. The number of halogens is 2. The van der Waals surface area contributed by atoms with Gasteiger partial charge in [-0.05, 0) is 48.9 Å². The molecule has 2 atom stereocenters. The van der Waals surface area contributed by atoms with Crippen molar-refractivity contribution in [3.63, 3.8) is 0 Å². The SMILES string of the molecule is COC(C(N)Cc1cc(Cl)ccc1F)C1CC1. The molecule has 1 saturated carbocycles. The molecule has 2 N–H and O–H groups in total. The molecule has 0 amide bonds. The van der Waals surface area contributed by atoms with Crippen molar-refractivity contribution in [2.75, 3.05) is 7.11 Å². The Morgan fingerprint density at radius 2 is 2.24 bits per heavy atom. The van der Waals surface area contributed by atoms with Crippen LogP contribution >= 0.6 is 11.6 Å². The van der Waals surface area contributed by atoms with Gasteiger partial charge in [0.15, 0.2) is 0 Å². The maximum Gasteiger partial charge on any atom is 0.126 e. The fourth-order valence-corrected chi connectivity index (χ4v) is 2.41. The van der Waals surface area contributed by atoms with E-state index in [1.165, 1.54) is 6.07 Å².